The topological polar surface area (TPSA) is 35.5 Å². The Labute approximate surface area is 60.1 Å². The maximum absolute atomic E-state index is 11.6. The summed E-state index contributed by atoms with van der Waals surface area (Å²) in [5.41, 5.74) is 0. The second kappa shape index (κ2) is 2.60. The summed E-state index contributed by atoms with van der Waals surface area (Å²) in [7, 11) is 0. The minimum absolute atomic E-state index is 0.307. The van der Waals surface area contributed by atoms with Crippen LogP contribution in [-0.2, 0) is 9.47 Å². The van der Waals surface area contributed by atoms with Crippen molar-refractivity contribution in [1.29, 1.82) is 0 Å². The molecule has 0 saturated carbocycles. The highest BCUT2D eigenvalue weighted by Crippen LogP contribution is 2.25. The molecule has 1 saturated heterocycles. The number of halogens is 3. The van der Waals surface area contributed by atoms with Crippen molar-refractivity contribution in [3.63, 3.8) is 0 Å². The third-order valence-corrected chi connectivity index (χ3v) is 1.11. The van der Waals surface area contributed by atoms with Crippen LogP contribution in [0.5, 0.6) is 0 Å². The Morgan fingerprint density at radius 1 is 1.55 bits per heavy atom. The van der Waals surface area contributed by atoms with E-state index in [1.807, 2.05) is 0 Å². The maximum atomic E-state index is 11.6. The van der Waals surface area contributed by atoms with Gasteiger partial charge >= 0.3 is 12.3 Å². The van der Waals surface area contributed by atoms with Crippen LogP contribution in [0, 0.1) is 0 Å². The Balaban J connectivity index is 2.34. The van der Waals surface area contributed by atoms with Gasteiger partial charge in [-0.3, -0.25) is 0 Å². The first-order chi connectivity index (χ1) is 4.97. The zero-order valence-corrected chi connectivity index (χ0v) is 5.35. The van der Waals surface area contributed by atoms with Crippen molar-refractivity contribution < 1.29 is 27.4 Å². The van der Waals surface area contributed by atoms with Gasteiger partial charge in [0.2, 0.25) is 0 Å². The van der Waals surface area contributed by atoms with Crippen molar-refractivity contribution in [1.82, 2.24) is 0 Å². The van der Waals surface area contributed by atoms with Gasteiger partial charge in [0.05, 0.1) is 6.42 Å². The summed E-state index contributed by atoms with van der Waals surface area (Å²) < 4.78 is 43.1. The lowest BCUT2D eigenvalue weighted by atomic mass is 10.3. The first-order valence-electron chi connectivity index (χ1n) is 2.87. The van der Waals surface area contributed by atoms with Gasteiger partial charge in [0, 0.05) is 0 Å². The molecule has 0 aliphatic carbocycles. The molecule has 1 heterocycles. The van der Waals surface area contributed by atoms with E-state index >= 15 is 0 Å². The minimum atomic E-state index is -4.31. The zero-order chi connectivity index (χ0) is 8.48. The van der Waals surface area contributed by atoms with Crippen LogP contribution in [0.25, 0.3) is 0 Å². The average Bonchev–Trinajstić information content (AvgIpc) is 2.10. The summed E-state index contributed by atoms with van der Waals surface area (Å²) in [6.45, 7) is -0.307. The summed E-state index contributed by atoms with van der Waals surface area (Å²) in [4.78, 5) is 10.1. The van der Waals surface area contributed by atoms with Crippen LogP contribution < -0.4 is 0 Å². The molecule has 0 radical (unpaired) electrons. The molecular weight excluding hydrogens is 165 g/mol. The molecule has 0 aromatic heterocycles. The van der Waals surface area contributed by atoms with Crippen molar-refractivity contribution in [2.75, 3.05) is 6.61 Å². The molecule has 1 rings (SSSR count). The van der Waals surface area contributed by atoms with Gasteiger partial charge in [-0.1, -0.05) is 0 Å². The number of alkyl halides is 3. The van der Waals surface area contributed by atoms with Crippen LogP contribution in [0.1, 0.15) is 6.42 Å². The van der Waals surface area contributed by atoms with Crippen molar-refractivity contribution in [3.8, 4) is 0 Å². The summed E-state index contributed by atoms with van der Waals surface area (Å²) in [5.74, 6) is 0. The lowest BCUT2D eigenvalue weighted by Crippen LogP contribution is -2.21. The van der Waals surface area contributed by atoms with Crippen molar-refractivity contribution in [2.45, 2.75) is 18.7 Å². The average molecular weight is 170 g/mol. The normalized spacial score (nSPS) is 24.6. The Kier molecular flexibility index (Phi) is 1.92. The van der Waals surface area contributed by atoms with E-state index in [0.717, 1.165) is 0 Å². The molecule has 0 bridgehead atoms. The molecule has 0 aromatic rings. The molecule has 1 unspecified atom stereocenters. The number of ether oxygens (including phenoxy) is 2. The zero-order valence-electron chi connectivity index (χ0n) is 5.35. The predicted molar refractivity (Wildman–Crippen MR) is 26.9 cm³/mol. The van der Waals surface area contributed by atoms with Gasteiger partial charge in [-0.15, -0.1) is 0 Å². The molecule has 1 aliphatic heterocycles. The van der Waals surface area contributed by atoms with Gasteiger partial charge in [0.15, 0.2) is 0 Å². The fourth-order valence-corrected chi connectivity index (χ4v) is 0.724. The Morgan fingerprint density at radius 3 is 2.55 bits per heavy atom. The number of carbonyl (C=O) groups is 1. The maximum Gasteiger partial charge on any atom is 0.508 e. The summed E-state index contributed by atoms with van der Waals surface area (Å²) in [6, 6.07) is 0. The first-order valence-corrected chi connectivity index (χ1v) is 2.87. The van der Waals surface area contributed by atoms with Gasteiger partial charge in [-0.2, -0.15) is 13.2 Å². The summed E-state index contributed by atoms with van der Waals surface area (Å²) in [5, 5.41) is 0. The summed E-state index contributed by atoms with van der Waals surface area (Å²) in [6.07, 6.45) is -7.64. The van der Waals surface area contributed by atoms with Gasteiger partial charge in [0.25, 0.3) is 0 Å². The molecule has 1 fully saturated rings. The van der Waals surface area contributed by atoms with Gasteiger partial charge in [0.1, 0.15) is 12.7 Å². The van der Waals surface area contributed by atoms with Crippen molar-refractivity contribution >= 4 is 6.16 Å². The molecule has 64 valence electrons. The molecule has 0 aromatic carbocycles. The SMILES string of the molecule is O=C1OCC(CC(F)(F)F)O1. The Bertz CT molecular complexity index is 165. The molecule has 1 aliphatic rings. The van der Waals surface area contributed by atoms with Crippen LogP contribution in [-0.4, -0.2) is 25.0 Å². The Hall–Kier alpha value is -0.940. The van der Waals surface area contributed by atoms with E-state index < -0.39 is 24.9 Å². The lowest BCUT2D eigenvalue weighted by molar-refractivity contribution is -0.150. The van der Waals surface area contributed by atoms with Gasteiger partial charge in [-0.05, 0) is 0 Å². The largest absolute Gasteiger partial charge is 0.508 e. The first kappa shape index (κ1) is 8.16. The van der Waals surface area contributed by atoms with E-state index in [4.69, 9.17) is 0 Å². The van der Waals surface area contributed by atoms with Gasteiger partial charge < -0.3 is 9.47 Å². The molecule has 3 nitrogen and oxygen atoms in total. The fourth-order valence-electron chi connectivity index (χ4n) is 0.724. The highest BCUT2D eigenvalue weighted by atomic mass is 19.4. The third-order valence-electron chi connectivity index (χ3n) is 1.11. The molecule has 11 heavy (non-hydrogen) atoms. The molecule has 1 atom stereocenters. The highest BCUT2D eigenvalue weighted by Gasteiger charge is 2.37. The molecule has 0 amide bonds. The predicted octanol–water partition coefficient (Wildman–Crippen LogP) is 1.47. The van der Waals surface area contributed by atoms with Crippen LogP contribution in [0.3, 0.4) is 0 Å². The van der Waals surface area contributed by atoms with Gasteiger partial charge in [-0.25, -0.2) is 4.79 Å². The van der Waals surface area contributed by atoms with Crippen LogP contribution in [0.15, 0.2) is 0 Å². The Morgan fingerprint density at radius 2 is 2.18 bits per heavy atom. The van der Waals surface area contributed by atoms with E-state index in [1.165, 1.54) is 0 Å². The minimum Gasteiger partial charge on any atom is -0.430 e. The van der Waals surface area contributed by atoms with E-state index in [9.17, 15) is 18.0 Å². The number of carbonyl (C=O) groups excluding carboxylic acids is 1. The molecule has 0 spiro atoms. The monoisotopic (exact) mass is 170 g/mol. The quantitative estimate of drug-likeness (QED) is 0.559. The van der Waals surface area contributed by atoms with E-state index in [0.29, 0.717) is 0 Å². The molecule has 6 heteroatoms. The summed E-state index contributed by atoms with van der Waals surface area (Å²) >= 11 is 0. The van der Waals surface area contributed by atoms with Crippen LogP contribution >= 0.6 is 0 Å². The standard InChI is InChI=1S/C5H5F3O3/c6-5(7,8)1-3-2-10-4(9)11-3/h3H,1-2H2. The molecule has 0 N–H and O–H groups in total. The number of hydrogen-bond donors (Lipinski definition) is 0. The lowest BCUT2D eigenvalue weighted by Gasteiger charge is -2.08. The van der Waals surface area contributed by atoms with Crippen molar-refractivity contribution in [2.24, 2.45) is 0 Å². The molecular formula is C5H5F3O3. The van der Waals surface area contributed by atoms with E-state index in [1.54, 1.807) is 0 Å². The third kappa shape index (κ3) is 2.65. The fraction of sp³-hybridized carbons (Fsp3) is 0.800. The number of rotatable bonds is 1. The number of hydrogen-bond acceptors (Lipinski definition) is 3. The smallest absolute Gasteiger partial charge is 0.430 e. The van der Waals surface area contributed by atoms with E-state index in [2.05, 4.69) is 9.47 Å². The van der Waals surface area contributed by atoms with Crippen LogP contribution in [0.4, 0.5) is 18.0 Å². The van der Waals surface area contributed by atoms with E-state index in [-0.39, 0.29) is 6.61 Å². The highest BCUT2D eigenvalue weighted by molar-refractivity contribution is 5.61. The second-order valence-corrected chi connectivity index (χ2v) is 2.12. The van der Waals surface area contributed by atoms with Crippen LogP contribution in [0.2, 0.25) is 0 Å². The van der Waals surface area contributed by atoms with Crippen molar-refractivity contribution in [3.05, 3.63) is 0 Å². The number of cyclic esters (lactones) is 2. The second-order valence-electron chi connectivity index (χ2n) is 2.12.